The Morgan fingerprint density at radius 2 is 1.52 bits per heavy atom. The Hall–Kier alpha value is -1.01. The Morgan fingerprint density at radius 1 is 0.963 bits per heavy atom. The average molecular weight is 417 g/mol. The number of likely N-dealkylation sites (tertiary alicyclic amines) is 1. The number of aliphatic hydroxyl groups excluding tert-OH is 1. The lowest BCUT2D eigenvalue weighted by Gasteiger charge is -2.26. The zero-order valence-corrected chi connectivity index (χ0v) is 18.3. The molecule has 0 spiro atoms. The smallest absolute Gasteiger partial charge is 0.203 e. The zero-order chi connectivity index (χ0) is 18.0. The molecule has 0 aliphatic carbocycles. The summed E-state index contributed by atoms with van der Waals surface area (Å²) in [7, 11) is 0. The molecule has 154 valence electrons. The minimum atomic E-state index is -0.483. The Kier molecular flexibility index (Phi) is 8.87. The van der Waals surface area contributed by atoms with Crippen molar-refractivity contribution in [2.45, 2.75) is 59.2 Å². The van der Waals surface area contributed by atoms with Crippen molar-refractivity contribution in [3.8, 4) is 0 Å². The molecule has 0 bridgehead atoms. The number of hydrogen-bond donors (Lipinski definition) is 2. The van der Waals surface area contributed by atoms with Gasteiger partial charge in [0.15, 0.2) is 0 Å². The van der Waals surface area contributed by atoms with Crippen LogP contribution in [0.2, 0.25) is 0 Å². The highest BCUT2D eigenvalue weighted by Gasteiger charge is 2.24. The molecule has 1 aromatic carbocycles. The second kappa shape index (κ2) is 9.97. The summed E-state index contributed by atoms with van der Waals surface area (Å²) >= 11 is 0. The van der Waals surface area contributed by atoms with Gasteiger partial charge in [0.1, 0.15) is 0 Å². The quantitative estimate of drug-likeness (QED) is 0.780. The molecule has 1 aromatic heterocycles. The number of rotatable bonds is 5. The predicted molar refractivity (Wildman–Crippen MR) is 116 cm³/mol. The first-order valence-corrected chi connectivity index (χ1v) is 9.51. The number of fused-ring (bicyclic) bond motifs is 1. The number of imidazole rings is 1. The number of aromatic nitrogens is 2. The van der Waals surface area contributed by atoms with Gasteiger partial charge in [-0.05, 0) is 43.5 Å². The minimum Gasteiger partial charge on any atom is -0.391 e. The molecule has 27 heavy (non-hydrogen) atoms. The maximum atomic E-state index is 10.5. The molecule has 7 heteroatoms. The number of aliphatic hydroxyl groups is 1. The predicted octanol–water partition coefficient (Wildman–Crippen LogP) is 3.66. The highest BCUT2D eigenvalue weighted by Crippen LogP contribution is 2.22. The fourth-order valence-corrected chi connectivity index (χ4v) is 3.58. The van der Waals surface area contributed by atoms with Crippen molar-refractivity contribution in [2.24, 2.45) is 5.41 Å². The van der Waals surface area contributed by atoms with E-state index in [0.29, 0.717) is 12.2 Å². The second-order valence-electron chi connectivity index (χ2n) is 8.36. The van der Waals surface area contributed by atoms with Gasteiger partial charge in [-0.3, -0.25) is 5.41 Å². The van der Waals surface area contributed by atoms with Gasteiger partial charge in [-0.2, -0.15) is 0 Å². The van der Waals surface area contributed by atoms with Crippen LogP contribution in [-0.2, 0) is 13.1 Å². The van der Waals surface area contributed by atoms with Crippen LogP contribution in [0.3, 0.4) is 0 Å². The molecule has 1 unspecified atom stereocenters. The van der Waals surface area contributed by atoms with Crippen molar-refractivity contribution in [3.05, 3.63) is 29.9 Å². The maximum absolute atomic E-state index is 10.5. The van der Waals surface area contributed by atoms with Gasteiger partial charge in [0, 0.05) is 13.1 Å². The fraction of sp³-hybridized carbons (Fsp3) is 0.650. The summed E-state index contributed by atoms with van der Waals surface area (Å²) in [6.07, 6.45) is 3.44. The summed E-state index contributed by atoms with van der Waals surface area (Å²) in [5.41, 5.74) is 2.41. The summed E-state index contributed by atoms with van der Waals surface area (Å²) < 4.78 is 4.06. The van der Waals surface area contributed by atoms with Crippen LogP contribution >= 0.6 is 24.8 Å². The van der Waals surface area contributed by atoms with Gasteiger partial charge in [-0.15, -0.1) is 24.8 Å². The summed E-state index contributed by atoms with van der Waals surface area (Å²) in [5.74, 6) is 0. The second-order valence-corrected chi connectivity index (χ2v) is 8.36. The standard InChI is InChI=1S/C20H32N4O.2ClH/c1-20(2,3)18(25)15-24-17-10-6-5-9-16(17)23(19(24)21)14-13-22-11-7-4-8-12-22;;/h5-6,9-10,18,21,25H,4,7-8,11-15H2,1-3H3;2*1H. The lowest BCUT2D eigenvalue weighted by Crippen LogP contribution is -2.37. The van der Waals surface area contributed by atoms with Gasteiger partial charge >= 0.3 is 0 Å². The average Bonchev–Trinajstić information content (AvgIpc) is 2.85. The summed E-state index contributed by atoms with van der Waals surface area (Å²) in [4.78, 5) is 2.51. The molecule has 0 amide bonds. The fourth-order valence-electron chi connectivity index (χ4n) is 3.58. The zero-order valence-electron chi connectivity index (χ0n) is 16.6. The number of nitrogens with one attached hydrogen (secondary N) is 1. The monoisotopic (exact) mass is 416 g/mol. The van der Waals surface area contributed by atoms with Crippen LogP contribution in [0.25, 0.3) is 11.0 Å². The third kappa shape index (κ3) is 5.50. The van der Waals surface area contributed by atoms with Gasteiger partial charge < -0.3 is 19.1 Å². The molecule has 3 rings (SSSR count). The molecule has 2 heterocycles. The third-order valence-electron chi connectivity index (χ3n) is 5.42. The van der Waals surface area contributed by atoms with E-state index in [1.165, 1.54) is 32.4 Å². The van der Waals surface area contributed by atoms with Crippen LogP contribution in [0.15, 0.2) is 24.3 Å². The van der Waals surface area contributed by atoms with E-state index in [1.807, 2.05) is 37.5 Å². The molecular formula is C20H34Cl2N4O. The SMILES string of the molecule is CC(C)(C)C(O)Cn1c(=N)n(CCN2CCCCC2)c2ccccc21.Cl.Cl. The van der Waals surface area contributed by atoms with Crippen LogP contribution in [0.1, 0.15) is 40.0 Å². The van der Waals surface area contributed by atoms with Gasteiger partial charge in [0.25, 0.3) is 0 Å². The molecule has 5 nitrogen and oxygen atoms in total. The Balaban J connectivity index is 0.00000182. The van der Waals surface area contributed by atoms with Crippen LogP contribution < -0.4 is 5.62 Å². The molecule has 1 aliphatic rings. The lowest BCUT2D eigenvalue weighted by atomic mass is 9.89. The van der Waals surface area contributed by atoms with Crippen LogP contribution in [0, 0.1) is 10.8 Å². The van der Waals surface area contributed by atoms with Crippen LogP contribution in [-0.4, -0.2) is 44.9 Å². The van der Waals surface area contributed by atoms with Crippen molar-refractivity contribution in [1.29, 1.82) is 5.41 Å². The molecule has 1 atom stereocenters. The molecular weight excluding hydrogens is 383 g/mol. The van der Waals surface area contributed by atoms with Crippen molar-refractivity contribution < 1.29 is 5.11 Å². The Labute approximate surface area is 174 Å². The van der Waals surface area contributed by atoms with Gasteiger partial charge in [0.2, 0.25) is 5.62 Å². The van der Waals surface area contributed by atoms with E-state index in [9.17, 15) is 5.11 Å². The topological polar surface area (TPSA) is 57.2 Å². The van der Waals surface area contributed by atoms with Gasteiger partial charge in [-0.1, -0.05) is 39.3 Å². The first-order valence-electron chi connectivity index (χ1n) is 9.51. The molecule has 1 fully saturated rings. The number of hydrogen-bond acceptors (Lipinski definition) is 3. The van der Waals surface area contributed by atoms with Crippen molar-refractivity contribution in [3.63, 3.8) is 0 Å². The summed E-state index contributed by atoms with van der Waals surface area (Å²) in [5, 5.41) is 19.2. The molecule has 2 aromatic rings. The molecule has 0 saturated carbocycles. The number of halogens is 2. The normalized spacial score (nSPS) is 16.6. The van der Waals surface area contributed by atoms with Crippen LogP contribution in [0.4, 0.5) is 0 Å². The molecule has 2 N–H and O–H groups in total. The Bertz CT molecular complexity index is 772. The summed E-state index contributed by atoms with van der Waals surface area (Å²) in [6, 6.07) is 8.18. The lowest BCUT2D eigenvalue weighted by molar-refractivity contribution is 0.0477. The van der Waals surface area contributed by atoms with E-state index in [1.54, 1.807) is 0 Å². The van der Waals surface area contributed by atoms with Gasteiger partial charge in [-0.25, -0.2) is 0 Å². The van der Waals surface area contributed by atoms with E-state index < -0.39 is 6.10 Å². The minimum absolute atomic E-state index is 0. The van der Waals surface area contributed by atoms with E-state index in [4.69, 9.17) is 5.41 Å². The number of nitrogens with zero attached hydrogens (tertiary/aromatic N) is 3. The number of piperidine rings is 1. The highest BCUT2D eigenvalue weighted by molar-refractivity contribution is 5.85. The first kappa shape index (κ1) is 24.0. The largest absolute Gasteiger partial charge is 0.391 e. The third-order valence-corrected chi connectivity index (χ3v) is 5.42. The number of benzene rings is 1. The van der Waals surface area contributed by atoms with E-state index >= 15 is 0 Å². The molecule has 1 aliphatic heterocycles. The highest BCUT2D eigenvalue weighted by atomic mass is 35.5. The van der Waals surface area contributed by atoms with E-state index in [0.717, 1.165) is 24.1 Å². The first-order chi connectivity index (χ1) is 11.9. The van der Waals surface area contributed by atoms with E-state index in [2.05, 4.69) is 21.6 Å². The maximum Gasteiger partial charge on any atom is 0.203 e. The van der Waals surface area contributed by atoms with Crippen LogP contribution in [0.5, 0.6) is 0 Å². The number of para-hydroxylation sites is 2. The van der Waals surface area contributed by atoms with E-state index in [-0.39, 0.29) is 30.2 Å². The molecule has 0 radical (unpaired) electrons. The van der Waals surface area contributed by atoms with Crippen molar-refractivity contribution in [1.82, 2.24) is 14.0 Å². The molecule has 1 saturated heterocycles. The summed E-state index contributed by atoms with van der Waals surface area (Å²) in [6.45, 7) is 10.8. The Morgan fingerprint density at radius 3 is 2.07 bits per heavy atom. The van der Waals surface area contributed by atoms with Crippen molar-refractivity contribution >= 4 is 35.8 Å². The van der Waals surface area contributed by atoms with Crippen molar-refractivity contribution in [2.75, 3.05) is 19.6 Å². The van der Waals surface area contributed by atoms with Gasteiger partial charge in [0.05, 0.1) is 23.7 Å².